The minimum absolute atomic E-state index is 0.00434. The van der Waals surface area contributed by atoms with Crippen LogP contribution in [0.4, 0.5) is 0 Å². The average Bonchev–Trinajstić information content (AvgIpc) is 3.02. The normalized spacial score (nSPS) is 11.5. The molecule has 0 aliphatic rings. The van der Waals surface area contributed by atoms with E-state index >= 15 is 0 Å². The maximum absolute atomic E-state index is 12.0. The molecular formula is C34H61N3O10. The van der Waals surface area contributed by atoms with Crippen LogP contribution in [-0.4, -0.2) is 91.2 Å². The summed E-state index contributed by atoms with van der Waals surface area (Å²) in [5, 5.41) is 25.6. The van der Waals surface area contributed by atoms with Gasteiger partial charge in [0.1, 0.15) is 11.8 Å². The van der Waals surface area contributed by atoms with Gasteiger partial charge in [0, 0.05) is 45.2 Å². The number of ketones is 1. The van der Waals surface area contributed by atoms with Gasteiger partial charge in [-0.1, -0.05) is 77.0 Å². The molecule has 3 amide bonds. The molecule has 0 saturated carbocycles. The number of ether oxygens (including phenoxy) is 2. The van der Waals surface area contributed by atoms with Gasteiger partial charge in [-0.05, 0) is 26.2 Å². The van der Waals surface area contributed by atoms with Gasteiger partial charge in [0.15, 0.2) is 0 Å². The predicted molar refractivity (Wildman–Crippen MR) is 178 cm³/mol. The summed E-state index contributed by atoms with van der Waals surface area (Å²) in [6.45, 7) is 3.39. The van der Waals surface area contributed by atoms with Crippen molar-refractivity contribution < 1.29 is 48.5 Å². The lowest BCUT2D eigenvalue weighted by atomic mass is 10.0. The number of unbranched alkanes of at least 4 members (excludes halogenated alkanes) is 13. The number of hydrogen-bond acceptors (Lipinski definition) is 8. The van der Waals surface area contributed by atoms with Crippen LogP contribution in [0.25, 0.3) is 0 Å². The number of aliphatic carboxylic acids is 2. The van der Waals surface area contributed by atoms with E-state index in [0.29, 0.717) is 39.2 Å². The zero-order chi connectivity index (χ0) is 35.0. The lowest BCUT2D eigenvalue weighted by Crippen LogP contribution is -2.41. The van der Waals surface area contributed by atoms with Crippen LogP contribution in [0.2, 0.25) is 0 Å². The topological polar surface area (TPSA) is 197 Å². The Hall–Kier alpha value is -3.06. The highest BCUT2D eigenvalue weighted by atomic mass is 16.5. The van der Waals surface area contributed by atoms with Crippen molar-refractivity contribution >= 4 is 35.4 Å². The molecule has 272 valence electrons. The van der Waals surface area contributed by atoms with Crippen molar-refractivity contribution in [1.82, 2.24) is 16.0 Å². The summed E-state index contributed by atoms with van der Waals surface area (Å²) in [5.41, 5.74) is 0. The Bertz CT molecular complexity index is 884. The summed E-state index contributed by atoms with van der Waals surface area (Å²) in [4.78, 5) is 68.5. The minimum Gasteiger partial charge on any atom is -0.481 e. The van der Waals surface area contributed by atoms with E-state index in [2.05, 4.69) is 16.0 Å². The van der Waals surface area contributed by atoms with E-state index in [1.165, 1.54) is 58.3 Å². The largest absolute Gasteiger partial charge is 0.481 e. The Kier molecular flexibility index (Phi) is 29.5. The highest BCUT2D eigenvalue weighted by Crippen LogP contribution is 2.13. The van der Waals surface area contributed by atoms with Crippen LogP contribution in [0.3, 0.4) is 0 Å². The van der Waals surface area contributed by atoms with Crippen molar-refractivity contribution in [2.45, 2.75) is 141 Å². The van der Waals surface area contributed by atoms with Crippen LogP contribution in [0.1, 0.15) is 135 Å². The number of carbonyl (C=O) groups excluding carboxylic acids is 4. The molecule has 0 aliphatic carbocycles. The quantitative estimate of drug-likeness (QED) is 0.0615. The monoisotopic (exact) mass is 671 g/mol. The summed E-state index contributed by atoms with van der Waals surface area (Å²) in [7, 11) is 0. The number of carbonyl (C=O) groups is 6. The molecule has 13 nitrogen and oxygen atoms in total. The molecular weight excluding hydrogens is 610 g/mol. The van der Waals surface area contributed by atoms with Gasteiger partial charge in [-0.25, -0.2) is 4.79 Å². The van der Waals surface area contributed by atoms with E-state index in [4.69, 9.17) is 19.7 Å². The Morgan fingerprint density at radius 1 is 0.511 bits per heavy atom. The van der Waals surface area contributed by atoms with Crippen molar-refractivity contribution in [2.24, 2.45) is 0 Å². The summed E-state index contributed by atoms with van der Waals surface area (Å²) in [6.07, 6.45) is 16.7. The molecule has 0 aromatic carbocycles. The van der Waals surface area contributed by atoms with Crippen molar-refractivity contribution in [3.05, 3.63) is 0 Å². The van der Waals surface area contributed by atoms with Gasteiger partial charge in [-0.15, -0.1) is 0 Å². The molecule has 13 heteroatoms. The lowest BCUT2D eigenvalue weighted by Gasteiger charge is -2.13. The van der Waals surface area contributed by atoms with Gasteiger partial charge in [-0.3, -0.25) is 19.2 Å². The van der Waals surface area contributed by atoms with Crippen molar-refractivity contribution in [2.75, 3.05) is 39.5 Å². The van der Waals surface area contributed by atoms with Crippen LogP contribution in [0.15, 0.2) is 0 Å². The van der Waals surface area contributed by atoms with Gasteiger partial charge < -0.3 is 40.4 Å². The van der Waals surface area contributed by atoms with Crippen molar-refractivity contribution in [3.8, 4) is 0 Å². The first-order valence-corrected chi connectivity index (χ1v) is 17.5. The maximum atomic E-state index is 12.0. The number of rotatable bonds is 34. The molecule has 0 aliphatic heterocycles. The number of carboxylic acids is 2. The highest BCUT2D eigenvalue weighted by Gasteiger charge is 2.20. The lowest BCUT2D eigenvalue weighted by molar-refractivity contribution is -0.142. The third kappa shape index (κ3) is 32.7. The molecule has 0 spiro atoms. The standard InChI is InChI=1S/C34H61N3O10/c1-28(38)18-19-29(34(44)45)37-32(41)21-20-31(40)36-23-25-47-27-26-46-24-22-35-30(39)16-14-12-10-8-6-4-2-3-5-7-9-11-13-15-17-33(42)43/h29H,2-27H2,1H3,(H,35,39)(H,36,40)(H,37,41)(H,42,43)(H,44,45). The number of amides is 3. The first kappa shape index (κ1) is 43.9. The van der Waals surface area contributed by atoms with Gasteiger partial charge in [0.2, 0.25) is 17.7 Å². The maximum Gasteiger partial charge on any atom is 0.326 e. The summed E-state index contributed by atoms with van der Waals surface area (Å²) < 4.78 is 10.8. The van der Waals surface area contributed by atoms with Gasteiger partial charge in [-0.2, -0.15) is 0 Å². The molecule has 1 unspecified atom stereocenters. The third-order valence-electron chi connectivity index (χ3n) is 7.55. The Morgan fingerprint density at radius 3 is 1.34 bits per heavy atom. The Balaban J connectivity index is 3.45. The van der Waals surface area contributed by atoms with E-state index in [0.717, 1.165) is 38.5 Å². The summed E-state index contributed by atoms with van der Waals surface area (Å²) >= 11 is 0. The second-order valence-corrected chi connectivity index (χ2v) is 12.0. The van der Waals surface area contributed by atoms with Gasteiger partial charge in [0.25, 0.3) is 0 Å². The zero-order valence-electron chi connectivity index (χ0n) is 28.6. The molecule has 0 aromatic heterocycles. The van der Waals surface area contributed by atoms with Crippen LogP contribution in [-0.2, 0) is 38.2 Å². The fourth-order valence-electron chi connectivity index (χ4n) is 4.81. The van der Waals surface area contributed by atoms with E-state index in [9.17, 15) is 28.8 Å². The van der Waals surface area contributed by atoms with Gasteiger partial charge >= 0.3 is 11.9 Å². The summed E-state index contributed by atoms with van der Waals surface area (Å²) in [6, 6.07) is -1.16. The molecule has 0 aromatic rings. The second kappa shape index (κ2) is 31.5. The first-order valence-electron chi connectivity index (χ1n) is 17.5. The van der Waals surface area contributed by atoms with Gasteiger partial charge in [0.05, 0.1) is 26.4 Å². The number of nitrogens with one attached hydrogen (secondary N) is 3. The Labute approximate surface area is 280 Å². The average molecular weight is 672 g/mol. The molecule has 1 atom stereocenters. The van der Waals surface area contributed by atoms with Crippen molar-refractivity contribution in [1.29, 1.82) is 0 Å². The second-order valence-electron chi connectivity index (χ2n) is 12.0. The number of carboxylic acid groups (broad SMARTS) is 2. The van der Waals surface area contributed by atoms with E-state index in [1.807, 2.05) is 0 Å². The van der Waals surface area contributed by atoms with Crippen molar-refractivity contribution in [3.63, 3.8) is 0 Å². The molecule has 0 fully saturated rings. The summed E-state index contributed by atoms with van der Waals surface area (Å²) in [5.74, 6) is -2.98. The first-order chi connectivity index (χ1) is 22.6. The molecule has 0 saturated heterocycles. The van der Waals surface area contributed by atoms with Crippen LogP contribution >= 0.6 is 0 Å². The fourth-order valence-corrected chi connectivity index (χ4v) is 4.81. The van der Waals surface area contributed by atoms with E-state index in [1.54, 1.807) is 0 Å². The predicted octanol–water partition coefficient (Wildman–Crippen LogP) is 4.30. The highest BCUT2D eigenvalue weighted by molar-refractivity contribution is 5.87. The molecule has 0 heterocycles. The molecule has 0 radical (unpaired) electrons. The third-order valence-corrected chi connectivity index (χ3v) is 7.55. The molecule has 5 N–H and O–H groups in total. The molecule has 47 heavy (non-hydrogen) atoms. The molecule has 0 bridgehead atoms. The zero-order valence-corrected chi connectivity index (χ0v) is 28.6. The van der Waals surface area contributed by atoms with E-state index < -0.39 is 23.9 Å². The number of Topliss-reactive ketones (excluding diaryl/α,β-unsaturated/α-hetero) is 1. The fraction of sp³-hybridized carbons (Fsp3) is 0.824. The SMILES string of the molecule is CC(=O)CCC(NC(=O)CCC(=O)NCCOCCOCCNC(=O)CCCCCCCCCCCCCCCCC(=O)O)C(=O)O. The minimum atomic E-state index is -1.22. The van der Waals surface area contributed by atoms with Crippen LogP contribution in [0.5, 0.6) is 0 Å². The molecule has 0 rings (SSSR count). The number of hydrogen-bond donors (Lipinski definition) is 5. The Morgan fingerprint density at radius 2 is 0.915 bits per heavy atom. The smallest absolute Gasteiger partial charge is 0.326 e. The van der Waals surface area contributed by atoms with Crippen LogP contribution in [0, 0.1) is 0 Å². The van der Waals surface area contributed by atoms with Crippen LogP contribution < -0.4 is 16.0 Å². The van der Waals surface area contributed by atoms with E-state index in [-0.39, 0.29) is 56.4 Å².